The predicted octanol–water partition coefficient (Wildman–Crippen LogP) is 2.28. The molecule has 0 saturated heterocycles. The third kappa shape index (κ3) is 4.43. The summed E-state index contributed by atoms with van der Waals surface area (Å²) in [6.07, 6.45) is 5.89. The fraction of sp³-hybridized carbons (Fsp3) is 0.562. The molecule has 0 amide bonds. The van der Waals surface area contributed by atoms with Gasteiger partial charge in [0.25, 0.3) is 0 Å². The van der Waals surface area contributed by atoms with Crippen LogP contribution in [0.15, 0.2) is 29.3 Å². The molecular formula is C16H24N4S. The lowest BCUT2D eigenvalue weighted by atomic mass is 9.74. The van der Waals surface area contributed by atoms with Crippen molar-refractivity contribution in [2.45, 2.75) is 56.1 Å². The van der Waals surface area contributed by atoms with Crippen LogP contribution in [0.4, 0.5) is 5.69 Å². The zero-order valence-corrected chi connectivity index (χ0v) is 13.1. The molecule has 1 aliphatic carbocycles. The highest BCUT2D eigenvalue weighted by molar-refractivity contribution is 7.78. The predicted molar refractivity (Wildman–Crippen MR) is 90.8 cm³/mol. The number of nitrogens with zero attached hydrogens (tertiary/aromatic N) is 1. The number of benzene rings is 1. The van der Waals surface area contributed by atoms with Gasteiger partial charge < -0.3 is 17.2 Å². The van der Waals surface area contributed by atoms with Crippen LogP contribution in [0.1, 0.15) is 37.7 Å². The summed E-state index contributed by atoms with van der Waals surface area (Å²) in [4.78, 5) is 3.94. The fourth-order valence-electron chi connectivity index (χ4n) is 3.17. The Bertz CT molecular complexity index is 510. The van der Waals surface area contributed by atoms with Crippen LogP contribution in [0.2, 0.25) is 0 Å². The first kappa shape index (κ1) is 16.3. The van der Waals surface area contributed by atoms with Crippen molar-refractivity contribution in [2.75, 3.05) is 0 Å². The fourth-order valence-corrected chi connectivity index (χ4v) is 3.27. The summed E-state index contributed by atoms with van der Waals surface area (Å²) in [7, 11) is 0. The van der Waals surface area contributed by atoms with Crippen LogP contribution < -0.4 is 17.2 Å². The van der Waals surface area contributed by atoms with Gasteiger partial charge in [-0.05, 0) is 55.6 Å². The van der Waals surface area contributed by atoms with Crippen molar-refractivity contribution in [3.05, 3.63) is 29.8 Å². The molecule has 1 aliphatic rings. The van der Waals surface area contributed by atoms with Crippen LogP contribution in [0.25, 0.3) is 0 Å². The van der Waals surface area contributed by atoms with Crippen molar-refractivity contribution >= 4 is 23.1 Å². The number of thiocarbonyl (C=S) groups is 1. The molecule has 0 spiro atoms. The van der Waals surface area contributed by atoms with Gasteiger partial charge in [-0.25, -0.2) is 0 Å². The van der Waals surface area contributed by atoms with E-state index >= 15 is 0 Å². The summed E-state index contributed by atoms with van der Waals surface area (Å²) in [6, 6.07) is 7.98. The Balaban J connectivity index is 1.94. The van der Waals surface area contributed by atoms with Crippen LogP contribution in [-0.2, 0) is 6.42 Å². The lowest BCUT2D eigenvalue weighted by molar-refractivity contribution is 0.223. The number of hydrogen-bond acceptors (Lipinski definition) is 5. The Morgan fingerprint density at radius 3 is 2.67 bits per heavy atom. The summed E-state index contributed by atoms with van der Waals surface area (Å²) in [5.74, 6) is 0. The molecule has 0 heterocycles. The molecule has 21 heavy (non-hydrogen) atoms. The number of nitrogens with two attached hydrogens (primary N) is 3. The molecule has 0 bridgehead atoms. The van der Waals surface area contributed by atoms with E-state index in [9.17, 15) is 0 Å². The minimum Gasteiger partial charge on any atom is -0.327 e. The summed E-state index contributed by atoms with van der Waals surface area (Å²) in [5, 5.41) is 2.36. The molecule has 4 nitrogen and oxygen atoms in total. The molecule has 6 N–H and O–H groups in total. The highest BCUT2D eigenvalue weighted by Gasteiger charge is 2.36. The van der Waals surface area contributed by atoms with Crippen LogP contribution in [0, 0.1) is 0 Å². The second kappa shape index (κ2) is 7.25. The third-order valence-electron chi connectivity index (χ3n) is 4.40. The summed E-state index contributed by atoms with van der Waals surface area (Å²) in [6.45, 7) is 0. The summed E-state index contributed by atoms with van der Waals surface area (Å²) >= 11 is 4.59. The van der Waals surface area contributed by atoms with E-state index in [1.807, 2.05) is 24.3 Å². The first-order valence-corrected chi connectivity index (χ1v) is 7.91. The Morgan fingerprint density at radius 1 is 1.33 bits per heavy atom. The van der Waals surface area contributed by atoms with Gasteiger partial charge in [0.15, 0.2) is 0 Å². The molecular weight excluding hydrogens is 280 g/mol. The molecule has 5 heteroatoms. The zero-order chi connectivity index (χ0) is 15.3. The van der Waals surface area contributed by atoms with Gasteiger partial charge in [-0.15, -0.1) is 0 Å². The third-order valence-corrected chi connectivity index (χ3v) is 4.49. The second-order valence-corrected chi connectivity index (χ2v) is 6.31. The molecule has 0 unspecified atom stereocenters. The van der Waals surface area contributed by atoms with E-state index < -0.39 is 0 Å². The van der Waals surface area contributed by atoms with E-state index in [2.05, 4.69) is 22.4 Å². The SMILES string of the molecule is N[C@H](Cc1ccc(N=C=S)cc1)C[C@@]1(N)CCCC[C@H]1N. The lowest BCUT2D eigenvalue weighted by Crippen LogP contribution is -2.59. The van der Waals surface area contributed by atoms with Crippen LogP contribution in [-0.4, -0.2) is 22.8 Å². The Kier molecular flexibility index (Phi) is 5.62. The van der Waals surface area contributed by atoms with Crippen LogP contribution >= 0.6 is 12.2 Å². The molecule has 1 aromatic carbocycles. The molecule has 1 saturated carbocycles. The smallest absolute Gasteiger partial charge is 0.0739 e. The largest absolute Gasteiger partial charge is 0.327 e. The molecule has 3 atom stereocenters. The van der Waals surface area contributed by atoms with E-state index in [4.69, 9.17) is 17.2 Å². The topological polar surface area (TPSA) is 90.4 Å². The van der Waals surface area contributed by atoms with Crippen molar-refractivity contribution in [3.8, 4) is 0 Å². The van der Waals surface area contributed by atoms with Crippen molar-refractivity contribution in [1.82, 2.24) is 0 Å². The normalized spacial score (nSPS) is 26.9. The molecule has 114 valence electrons. The maximum absolute atomic E-state index is 6.48. The van der Waals surface area contributed by atoms with E-state index in [-0.39, 0.29) is 17.6 Å². The van der Waals surface area contributed by atoms with E-state index in [1.54, 1.807) is 0 Å². The van der Waals surface area contributed by atoms with Gasteiger partial charge in [0.1, 0.15) is 0 Å². The van der Waals surface area contributed by atoms with Gasteiger partial charge in [0.2, 0.25) is 0 Å². The average Bonchev–Trinajstić information content (AvgIpc) is 2.44. The van der Waals surface area contributed by atoms with Crippen molar-refractivity contribution in [1.29, 1.82) is 0 Å². The van der Waals surface area contributed by atoms with Crippen molar-refractivity contribution < 1.29 is 0 Å². The van der Waals surface area contributed by atoms with Gasteiger partial charge in [-0.3, -0.25) is 0 Å². The maximum atomic E-state index is 6.48. The number of isothiocyanates is 1. The monoisotopic (exact) mass is 304 g/mol. The minimum atomic E-state index is -0.306. The second-order valence-electron chi connectivity index (χ2n) is 6.12. The minimum absolute atomic E-state index is 0.0269. The van der Waals surface area contributed by atoms with Gasteiger partial charge in [0.05, 0.1) is 10.8 Å². The quantitative estimate of drug-likeness (QED) is 0.575. The lowest BCUT2D eigenvalue weighted by Gasteiger charge is -2.40. The highest BCUT2D eigenvalue weighted by Crippen LogP contribution is 2.29. The molecule has 2 rings (SSSR count). The molecule has 1 aromatic rings. The number of aliphatic imine (C=N–C) groups is 1. The summed E-state index contributed by atoms with van der Waals surface area (Å²) < 4.78 is 0. The van der Waals surface area contributed by atoms with E-state index in [1.165, 1.54) is 12.0 Å². The van der Waals surface area contributed by atoms with E-state index in [0.717, 1.165) is 37.8 Å². The first-order valence-electron chi connectivity index (χ1n) is 7.50. The summed E-state index contributed by atoms with van der Waals surface area (Å²) in [5.41, 5.74) is 20.7. The first-order chi connectivity index (χ1) is 10.0. The maximum Gasteiger partial charge on any atom is 0.0739 e. The van der Waals surface area contributed by atoms with Crippen molar-refractivity contribution in [2.24, 2.45) is 22.2 Å². The van der Waals surface area contributed by atoms with Gasteiger partial charge in [-0.2, -0.15) is 4.99 Å². The standard InChI is InChI=1S/C16H24N4S/c17-13(10-16(19)8-2-1-3-15(16)18)9-12-4-6-14(7-5-12)20-11-21/h4-7,13,15H,1-3,8-10,17-19H2/t13-,15-,16+/m1/s1. The number of hydrogen-bond donors (Lipinski definition) is 3. The average molecular weight is 304 g/mol. The number of rotatable bonds is 5. The van der Waals surface area contributed by atoms with Gasteiger partial charge in [0, 0.05) is 17.6 Å². The Morgan fingerprint density at radius 2 is 2.05 bits per heavy atom. The Labute approximate surface area is 131 Å². The van der Waals surface area contributed by atoms with Gasteiger partial charge >= 0.3 is 0 Å². The highest BCUT2D eigenvalue weighted by atomic mass is 32.1. The van der Waals surface area contributed by atoms with Crippen LogP contribution in [0.3, 0.4) is 0 Å². The molecule has 1 fully saturated rings. The Hall–Kier alpha value is -1.10. The van der Waals surface area contributed by atoms with Gasteiger partial charge in [-0.1, -0.05) is 25.0 Å². The van der Waals surface area contributed by atoms with E-state index in [0.29, 0.717) is 0 Å². The molecule has 0 aliphatic heterocycles. The zero-order valence-electron chi connectivity index (χ0n) is 12.3. The van der Waals surface area contributed by atoms with Crippen molar-refractivity contribution in [3.63, 3.8) is 0 Å². The van der Waals surface area contributed by atoms with Crippen LogP contribution in [0.5, 0.6) is 0 Å². The molecule has 0 radical (unpaired) electrons. The molecule has 0 aromatic heterocycles.